The number of rotatable bonds is 17. The van der Waals surface area contributed by atoms with Crippen molar-refractivity contribution in [1.82, 2.24) is 30.1 Å². The lowest BCUT2D eigenvalue weighted by Gasteiger charge is -2.26. The van der Waals surface area contributed by atoms with Gasteiger partial charge in [-0.3, -0.25) is 28.6 Å². The number of hydrogen-bond donors (Lipinski definition) is 3. The van der Waals surface area contributed by atoms with Gasteiger partial charge >= 0.3 is 5.97 Å². The highest BCUT2D eigenvalue weighted by Crippen LogP contribution is 2.22. The Kier molecular flexibility index (Phi) is 12.6. The van der Waals surface area contributed by atoms with Gasteiger partial charge in [0, 0.05) is 11.6 Å². The minimum Gasteiger partial charge on any atom is -0.481 e. The highest BCUT2D eigenvalue weighted by molar-refractivity contribution is 5.93. The fraction of sp³-hybridized carbons (Fsp3) is 0.679. The van der Waals surface area contributed by atoms with Crippen molar-refractivity contribution in [2.24, 2.45) is 0 Å². The third-order valence-corrected chi connectivity index (χ3v) is 6.80. The van der Waals surface area contributed by atoms with Crippen LogP contribution in [0.3, 0.4) is 0 Å². The fourth-order valence-corrected chi connectivity index (χ4v) is 4.26. The van der Waals surface area contributed by atoms with Crippen molar-refractivity contribution < 1.29 is 24.1 Å². The summed E-state index contributed by atoms with van der Waals surface area (Å²) in [5.41, 5.74) is 0.631. The van der Waals surface area contributed by atoms with Gasteiger partial charge in [0.1, 0.15) is 17.4 Å². The van der Waals surface area contributed by atoms with Crippen molar-refractivity contribution in [3.63, 3.8) is 0 Å². The number of Topliss-reactive ketones (excluding diaryl/α,β-unsaturated/α-hetero) is 1. The van der Waals surface area contributed by atoms with E-state index in [1.807, 2.05) is 25.7 Å². The summed E-state index contributed by atoms with van der Waals surface area (Å²) in [6.45, 7) is 12.2. The molecule has 0 aromatic carbocycles. The number of nitrogens with zero attached hydrogens (tertiary/aromatic N) is 5. The largest absolute Gasteiger partial charge is 0.481 e. The lowest BCUT2D eigenvalue weighted by atomic mass is 9.92. The van der Waals surface area contributed by atoms with Crippen LogP contribution in [0.1, 0.15) is 96.3 Å². The molecule has 0 bridgehead atoms. The van der Waals surface area contributed by atoms with E-state index in [2.05, 4.69) is 32.9 Å². The van der Waals surface area contributed by atoms with E-state index in [-0.39, 0.29) is 25.3 Å². The molecule has 0 unspecified atom stereocenters. The first-order valence-electron chi connectivity index (χ1n) is 14.2. The molecule has 13 heteroatoms. The van der Waals surface area contributed by atoms with Gasteiger partial charge in [-0.25, -0.2) is 9.61 Å². The van der Waals surface area contributed by atoms with Crippen LogP contribution in [0, 0.1) is 6.92 Å². The number of ketones is 1. The number of carbonyl (C=O) groups is 3. The Morgan fingerprint density at radius 3 is 2.41 bits per heavy atom. The number of anilines is 1. The summed E-state index contributed by atoms with van der Waals surface area (Å²) in [5.74, 6) is -2.20. The first kappa shape index (κ1) is 33.6. The second-order valence-electron chi connectivity index (χ2n) is 11.4. The van der Waals surface area contributed by atoms with E-state index in [0.29, 0.717) is 23.6 Å². The quantitative estimate of drug-likeness (QED) is 0.237. The number of aromatic nitrogens is 4. The van der Waals surface area contributed by atoms with Crippen LogP contribution >= 0.6 is 0 Å². The molecule has 228 valence electrons. The molecule has 41 heavy (non-hydrogen) atoms. The van der Waals surface area contributed by atoms with Crippen LogP contribution in [0.25, 0.3) is 0 Å². The minimum absolute atomic E-state index is 0.00884. The van der Waals surface area contributed by atoms with Gasteiger partial charge in [0.25, 0.3) is 5.56 Å². The van der Waals surface area contributed by atoms with Crippen LogP contribution in [0.5, 0.6) is 0 Å². The van der Waals surface area contributed by atoms with Crippen molar-refractivity contribution in [2.75, 3.05) is 25.5 Å². The lowest BCUT2D eigenvalue weighted by Crippen LogP contribution is -2.49. The highest BCUT2D eigenvalue weighted by atomic mass is 16.6. The molecular formula is C28H45N7O6. The zero-order valence-corrected chi connectivity index (χ0v) is 25.3. The number of aliphatic carboxylic acids is 1. The van der Waals surface area contributed by atoms with Gasteiger partial charge in [-0.15, -0.1) is 0 Å². The highest BCUT2D eigenvalue weighted by Gasteiger charge is 2.30. The maximum Gasteiger partial charge on any atom is 0.305 e. The average Bonchev–Trinajstić information content (AvgIpc) is 3.30. The molecule has 0 radical (unpaired) electrons. The number of amides is 1. The Balaban J connectivity index is 2.31. The van der Waals surface area contributed by atoms with Gasteiger partial charge in [-0.1, -0.05) is 64.2 Å². The Bertz CT molecular complexity index is 1230. The molecule has 2 aromatic heterocycles. The van der Waals surface area contributed by atoms with E-state index in [4.69, 9.17) is 4.63 Å². The summed E-state index contributed by atoms with van der Waals surface area (Å²) in [6, 6.07) is -2.23. The van der Waals surface area contributed by atoms with Gasteiger partial charge in [0.05, 0.1) is 31.2 Å². The van der Waals surface area contributed by atoms with Crippen LogP contribution in [0.4, 0.5) is 5.82 Å². The van der Waals surface area contributed by atoms with Gasteiger partial charge < -0.3 is 15.7 Å². The molecule has 2 aromatic rings. The summed E-state index contributed by atoms with van der Waals surface area (Å²) in [4.78, 5) is 58.0. The molecule has 0 saturated heterocycles. The predicted molar refractivity (Wildman–Crippen MR) is 154 cm³/mol. The van der Waals surface area contributed by atoms with E-state index >= 15 is 0 Å². The molecule has 0 aliphatic heterocycles. The fourth-order valence-electron chi connectivity index (χ4n) is 4.26. The minimum atomic E-state index is -1.23. The Morgan fingerprint density at radius 1 is 1.15 bits per heavy atom. The van der Waals surface area contributed by atoms with Crippen molar-refractivity contribution in [3.8, 4) is 0 Å². The predicted octanol–water partition coefficient (Wildman–Crippen LogP) is 2.84. The molecule has 0 fully saturated rings. The van der Waals surface area contributed by atoms with Gasteiger partial charge in [0.2, 0.25) is 5.91 Å². The lowest BCUT2D eigenvalue weighted by molar-refractivity contribution is -0.140. The molecule has 0 aliphatic carbocycles. The third kappa shape index (κ3) is 10.1. The molecule has 13 nitrogen and oxygen atoms in total. The average molecular weight is 576 g/mol. The molecule has 2 heterocycles. The molecule has 2 rings (SSSR count). The van der Waals surface area contributed by atoms with Gasteiger partial charge in [-0.05, 0) is 33.4 Å². The first-order valence-corrected chi connectivity index (χ1v) is 14.2. The Morgan fingerprint density at radius 2 is 1.85 bits per heavy atom. The third-order valence-electron chi connectivity index (χ3n) is 6.80. The normalized spacial score (nSPS) is 13.2. The van der Waals surface area contributed by atoms with Gasteiger partial charge in [0.15, 0.2) is 11.6 Å². The zero-order valence-electron chi connectivity index (χ0n) is 25.3. The van der Waals surface area contributed by atoms with Crippen molar-refractivity contribution in [1.29, 1.82) is 0 Å². The molecule has 3 N–H and O–H groups in total. The summed E-state index contributed by atoms with van der Waals surface area (Å²) < 4.78 is 6.01. The van der Waals surface area contributed by atoms with E-state index in [1.54, 1.807) is 27.1 Å². The Labute approximate surface area is 241 Å². The van der Waals surface area contributed by atoms with E-state index in [0.717, 1.165) is 25.7 Å². The number of hydrogen-bond acceptors (Lipinski definition) is 10. The standard InChI is InChI=1S/C28H45N7O6/c1-8-10-11-12-13-34(7)16-22(36)19(14-24(37)38)30-26(39)21(9-2)35-17-23(28(4,5)6)31-25(27(35)40)29-15-20-18(3)32-41-33-20/h17,19,21H,8-16H2,1-7H3,(H,29,31)(H,30,39)(H,37,38)/t19-,21-/m0/s1. The summed E-state index contributed by atoms with van der Waals surface area (Å²) in [5, 5.41) is 22.6. The monoisotopic (exact) mass is 575 g/mol. The first-order chi connectivity index (χ1) is 19.3. The Hall–Kier alpha value is -3.61. The van der Waals surface area contributed by atoms with Crippen molar-refractivity contribution >= 4 is 23.5 Å². The molecule has 0 saturated carbocycles. The van der Waals surface area contributed by atoms with Crippen LogP contribution in [0.15, 0.2) is 15.6 Å². The number of carboxylic acid groups (broad SMARTS) is 1. The molecule has 2 atom stereocenters. The zero-order chi connectivity index (χ0) is 30.7. The van der Waals surface area contributed by atoms with Gasteiger partial charge in [-0.2, -0.15) is 0 Å². The topological polar surface area (TPSA) is 173 Å². The maximum absolute atomic E-state index is 13.5. The van der Waals surface area contributed by atoms with E-state index in [1.165, 1.54) is 4.57 Å². The molecule has 0 aliphatic rings. The van der Waals surface area contributed by atoms with E-state index < -0.39 is 47.1 Å². The summed E-state index contributed by atoms with van der Waals surface area (Å²) in [6.07, 6.45) is 5.39. The number of carbonyl (C=O) groups excluding carboxylic acids is 2. The number of unbranched alkanes of at least 4 members (excludes halogenated alkanes) is 3. The second kappa shape index (κ2) is 15.4. The smallest absolute Gasteiger partial charge is 0.305 e. The van der Waals surface area contributed by atoms with Crippen LogP contribution in [0.2, 0.25) is 0 Å². The molecule has 0 spiro atoms. The number of aryl methyl sites for hydroxylation is 1. The summed E-state index contributed by atoms with van der Waals surface area (Å²) in [7, 11) is 1.80. The SMILES string of the molecule is CCCCCCN(C)CC(=O)[C@H](CC(=O)O)NC(=O)[C@H](CC)n1cc(C(C)(C)C)nc(NCc2nonc2C)c1=O. The van der Waals surface area contributed by atoms with Crippen LogP contribution in [-0.2, 0) is 26.3 Å². The maximum atomic E-state index is 13.5. The summed E-state index contributed by atoms with van der Waals surface area (Å²) >= 11 is 0. The van der Waals surface area contributed by atoms with Crippen LogP contribution in [-0.4, -0.2) is 73.7 Å². The molecular weight excluding hydrogens is 530 g/mol. The molecule has 1 amide bonds. The van der Waals surface area contributed by atoms with Crippen molar-refractivity contribution in [3.05, 3.63) is 33.6 Å². The van der Waals surface area contributed by atoms with Crippen LogP contribution < -0.4 is 16.2 Å². The second-order valence-corrected chi connectivity index (χ2v) is 11.4. The van der Waals surface area contributed by atoms with Crippen molar-refractivity contribution in [2.45, 2.75) is 104 Å². The number of carboxylic acids is 1. The number of likely N-dealkylation sites (N-methyl/N-ethyl adjacent to an activating group) is 1. The van der Waals surface area contributed by atoms with E-state index in [9.17, 15) is 24.3 Å². The number of nitrogens with one attached hydrogen (secondary N) is 2.